The Morgan fingerprint density at radius 1 is 1.36 bits per heavy atom. The minimum absolute atomic E-state index is 0.00697. The standard InChI is InChI=1S/C14H16F3N3O2/c1-7(21)8-4-5-20(6-8)10-3-2-9-11(14(15,16)17)13(22)19-18-12(9)10/h8,10H,2-6H2,1H3,(H,19,22). The Kier molecular flexibility index (Phi) is 3.58. The van der Waals surface area contributed by atoms with Gasteiger partial charge in [0.2, 0.25) is 0 Å². The molecule has 1 aliphatic carbocycles. The Morgan fingerprint density at radius 2 is 2.09 bits per heavy atom. The fraction of sp³-hybridized carbons (Fsp3) is 0.643. The van der Waals surface area contributed by atoms with Gasteiger partial charge in [-0.05, 0) is 38.3 Å². The minimum Gasteiger partial charge on any atom is -0.300 e. The van der Waals surface area contributed by atoms with E-state index in [4.69, 9.17) is 0 Å². The van der Waals surface area contributed by atoms with Crippen molar-refractivity contribution in [2.24, 2.45) is 5.92 Å². The number of rotatable bonds is 2. The number of aromatic nitrogens is 2. The van der Waals surface area contributed by atoms with Crippen LogP contribution in [0.4, 0.5) is 13.2 Å². The van der Waals surface area contributed by atoms with Crippen LogP contribution in [0.25, 0.3) is 0 Å². The normalized spacial score (nSPS) is 25.5. The molecule has 5 nitrogen and oxygen atoms in total. The van der Waals surface area contributed by atoms with Crippen molar-refractivity contribution in [2.75, 3.05) is 13.1 Å². The minimum atomic E-state index is -4.68. The quantitative estimate of drug-likeness (QED) is 0.902. The van der Waals surface area contributed by atoms with Gasteiger partial charge in [-0.15, -0.1) is 0 Å². The SMILES string of the molecule is CC(=O)C1CCN(C2CCc3c2n[nH]c(=O)c3C(F)(F)F)C1. The molecular weight excluding hydrogens is 299 g/mol. The van der Waals surface area contributed by atoms with Gasteiger partial charge in [-0.1, -0.05) is 0 Å². The summed E-state index contributed by atoms with van der Waals surface area (Å²) in [4.78, 5) is 24.9. The highest BCUT2D eigenvalue weighted by molar-refractivity contribution is 5.78. The fourth-order valence-corrected chi connectivity index (χ4v) is 3.50. The van der Waals surface area contributed by atoms with E-state index in [1.807, 2.05) is 10.00 Å². The third-order valence-electron chi connectivity index (χ3n) is 4.62. The lowest BCUT2D eigenvalue weighted by Gasteiger charge is -2.23. The maximum atomic E-state index is 13.1. The summed E-state index contributed by atoms with van der Waals surface area (Å²) in [6.07, 6.45) is -3.28. The summed E-state index contributed by atoms with van der Waals surface area (Å²) in [5, 5.41) is 5.84. The largest absolute Gasteiger partial charge is 0.422 e. The number of carbonyl (C=O) groups excluding carboxylic acids is 1. The molecule has 0 amide bonds. The topological polar surface area (TPSA) is 66.1 Å². The van der Waals surface area contributed by atoms with Gasteiger partial charge in [0, 0.05) is 12.5 Å². The van der Waals surface area contributed by atoms with E-state index in [9.17, 15) is 22.8 Å². The lowest BCUT2D eigenvalue weighted by molar-refractivity contribution is -0.139. The van der Waals surface area contributed by atoms with Crippen LogP contribution >= 0.6 is 0 Å². The molecule has 2 atom stereocenters. The van der Waals surface area contributed by atoms with E-state index < -0.39 is 17.3 Å². The average Bonchev–Trinajstić information content (AvgIpc) is 3.01. The molecule has 0 spiro atoms. The predicted molar refractivity (Wildman–Crippen MR) is 71.3 cm³/mol. The number of likely N-dealkylation sites (tertiary alicyclic amines) is 1. The first kappa shape index (κ1) is 15.2. The van der Waals surface area contributed by atoms with Crippen molar-refractivity contribution in [1.29, 1.82) is 0 Å². The second-order valence-corrected chi connectivity index (χ2v) is 5.93. The van der Waals surface area contributed by atoms with Crippen molar-refractivity contribution in [1.82, 2.24) is 15.1 Å². The van der Waals surface area contributed by atoms with Crippen molar-refractivity contribution < 1.29 is 18.0 Å². The molecule has 2 heterocycles. The van der Waals surface area contributed by atoms with E-state index in [0.717, 1.165) is 6.42 Å². The molecule has 1 aromatic rings. The van der Waals surface area contributed by atoms with Gasteiger partial charge in [-0.2, -0.15) is 18.3 Å². The van der Waals surface area contributed by atoms with Gasteiger partial charge in [-0.25, -0.2) is 5.10 Å². The second kappa shape index (κ2) is 5.19. The first-order chi connectivity index (χ1) is 10.3. The van der Waals surface area contributed by atoms with E-state index in [1.165, 1.54) is 6.92 Å². The van der Waals surface area contributed by atoms with E-state index in [1.54, 1.807) is 0 Å². The Hall–Kier alpha value is -1.70. The Morgan fingerprint density at radius 3 is 2.68 bits per heavy atom. The summed E-state index contributed by atoms with van der Waals surface area (Å²) in [6.45, 7) is 2.74. The van der Waals surface area contributed by atoms with E-state index in [0.29, 0.717) is 25.2 Å². The Bertz CT molecular complexity index is 668. The van der Waals surface area contributed by atoms with Crippen LogP contribution in [0, 0.1) is 5.92 Å². The number of halogens is 3. The molecule has 2 unspecified atom stereocenters. The lowest BCUT2D eigenvalue weighted by Crippen LogP contribution is -2.29. The summed E-state index contributed by atoms with van der Waals surface area (Å²) < 4.78 is 39.2. The third-order valence-corrected chi connectivity index (χ3v) is 4.62. The number of carbonyl (C=O) groups is 1. The smallest absolute Gasteiger partial charge is 0.300 e. The van der Waals surface area contributed by atoms with Gasteiger partial charge in [0.1, 0.15) is 11.3 Å². The van der Waals surface area contributed by atoms with Gasteiger partial charge >= 0.3 is 6.18 Å². The van der Waals surface area contributed by atoms with Crippen LogP contribution in [0.2, 0.25) is 0 Å². The molecule has 1 aliphatic heterocycles. The molecule has 22 heavy (non-hydrogen) atoms. The number of aromatic amines is 1. The molecule has 8 heteroatoms. The van der Waals surface area contributed by atoms with Crippen LogP contribution in [0.15, 0.2) is 4.79 Å². The summed E-state index contributed by atoms with van der Waals surface area (Å²) in [5.74, 6) is 0.0417. The van der Waals surface area contributed by atoms with Crippen molar-refractivity contribution in [3.05, 3.63) is 27.2 Å². The van der Waals surface area contributed by atoms with Crippen molar-refractivity contribution in [3.63, 3.8) is 0 Å². The molecule has 120 valence electrons. The molecule has 1 fully saturated rings. The Labute approximate surface area is 124 Å². The lowest BCUT2D eigenvalue weighted by atomic mass is 10.1. The average molecular weight is 315 g/mol. The van der Waals surface area contributed by atoms with Crippen molar-refractivity contribution in [2.45, 2.75) is 38.4 Å². The van der Waals surface area contributed by atoms with Crippen LogP contribution in [-0.4, -0.2) is 34.0 Å². The summed E-state index contributed by atoms with van der Waals surface area (Å²) >= 11 is 0. The van der Waals surface area contributed by atoms with Crippen LogP contribution in [0.1, 0.15) is 42.6 Å². The number of hydrogen-bond acceptors (Lipinski definition) is 4. The first-order valence-corrected chi connectivity index (χ1v) is 7.22. The van der Waals surface area contributed by atoms with Gasteiger partial charge in [0.25, 0.3) is 5.56 Å². The summed E-state index contributed by atoms with van der Waals surface area (Å²) in [5.41, 5.74) is -2.00. The molecule has 0 aromatic carbocycles. The van der Waals surface area contributed by atoms with Gasteiger partial charge in [0.05, 0.1) is 11.7 Å². The zero-order valence-electron chi connectivity index (χ0n) is 12.0. The molecular formula is C14H16F3N3O2. The van der Waals surface area contributed by atoms with Crippen LogP contribution in [0.5, 0.6) is 0 Å². The van der Waals surface area contributed by atoms with E-state index >= 15 is 0 Å². The van der Waals surface area contributed by atoms with Crippen molar-refractivity contribution >= 4 is 5.78 Å². The highest BCUT2D eigenvalue weighted by Crippen LogP contribution is 2.41. The molecule has 3 rings (SSSR count). The maximum absolute atomic E-state index is 13.1. The number of ketones is 1. The molecule has 1 N–H and O–H groups in total. The number of nitrogens with one attached hydrogen (secondary N) is 1. The van der Waals surface area contributed by atoms with E-state index in [-0.39, 0.29) is 29.7 Å². The zero-order chi connectivity index (χ0) is 16.1. The highest BCUT2D eigenvalue weighted by Gasteiger charge is 2.43. The number of nitrogens with zero attached hydrogens (tertiary/aromatic N) is 2. The zero-order valence-corrected chi connectivity index (χ0v) is 12.0. The Balaban J connectivity index is 1.94. The number of hydrogen-bond donors (Lipinski definition) is 1. The third kappa shape index (κ3) is 2.45. The number of fused-ring (bicyclic) bond motifs is 1. The summed E-state index contributed by atoms with van der Waals surface area (Å²) in [6, 6.07) is -0.252. The van der Waals surface area contributed by atoms with Crippen LogP contribution < -0.4 is 5.56 Å². The van der Waals surface area contributed by atoms with Gasteiger partial charge < -0.3 is 0 Å². The van der Waals surface area contributed by atoms with Crippen LogP contribution in [0.3, 0.4) is 0 Å². The summed E-state index contributed by atoms with van der Waals surface area (Å²) in [7, 11) is 0. The molecule has 0 bridgehead atoms. The van der Waals surface area contributed by atoms with Gasteiger partial charge in [-0.3, -0.25) is 14.5 Å². The molecule has 1 saturated heterocycles. The van der Waals surface area contributed by atoms with E-state index in [2.05, 4.69) is 5.10 Å². The number of H-pyrrole nitrogens is 1. The predicted octanol–water partition coefficient (Wildman–Crippen LogP) is 1.69. The molecule has 0 radical (unpaired) electrons. The first-order valence-electron chi connectivity index (χ1n) is 7.22. The van der Waals surface area contributed by atoms with Gasteiger partial charge in [0.15, 0.2) is 0 Å². The second-order valence-electron chi connectivity index (χ2n) is 5.93. The number of Topliss-reactive ketones (excluding diaryl/α,β-unsaturated/α-hetero) is 1. The molecule has 0 saturated carbocycles. The fourth-order valence-electron chi connectivity index (χ4n) is 3.50. The maximum Gasteiger partial charge on any atom is 0.422 e. The molecule has 2 aliphatic rings. The van der Waals surface area contributed by atoms with Crippen molar-refractivity contribution in [3.8, 4) is 0 Å². The number of alkyl halides is 3. The van der Waals surface area contributed by atoms with Crippen LogP contribution in [-0.2, 0) is 17.4 Å². The monoisotopic (exact) mass is 315 g/mol. The molecule has 1 aromatic heterocycles. The highest BCUT2D eigenvalue weighted by atomic mass is 19.4.